The first-order valence-electron chi connectivity index (χ1n) is 6.58. The van der Waals surface area contributed by atoms with Crippen LogP contribution in [0.25, 0.3) is 0 Å². The van der Waals surface area contributed by atoms with Crippen molar-refractivity contribution in [2.75, 3.05) is 26.7 Å². The molecule has 0 bridgehead atoms. The normalized spacial score (nSPS) is 11.6. The van der Waals surface area contributed by atoms with Crippen molar-refractivity contribution in [3.05, 3.63) is 0 Å². The third kappa shape index (κ3) is 5.50. The highest BCUT2D eigenvalue weighted by Crippen LogP contribution is 2.09. The molecule has 0 atom stereocenters. The molecule has 0 saturated carbocycles. The minimum atomic E-state index is 0.106. The predicted molar refractivity (Wildman–Crippen MR) is 70.9 cm³/mol. The zero-order valence-corrected chi connectivity index (χ0v) is 11.9. The average Bonchev–Trinajstić information content (AvgIpc) is 2.29. The van der Waals surface area contributed by atoms with Crippen molar-refractivity contribution in [3.63, 3.8) is 0 Å². The topological polar surface area (TPSA) is 43.8 Å². The van der Waals surface area contributed by atoms with E-state index < -0.39 is 0 Å². The molecule has 0 spiro atoms. The van der Waals surface area contributed by atoms with Gasteiger partial charge in [0.15, 0.2) is 0 Å². The van der Waals surface area contributed by atoms with Crippen LogP contribution >= 0.6 is 0 Å². The number of likely N-dealkylation sites (N-methyl/N-ethyl adjacent to an activating group) is 1. The number of amides is 1. The zero-order chi connectivity index (χ0) is 13.4. The molecule has 0 aliphatic carbocycles. The summed E-state index contributed by atoms with van der Waals surface area (Å²) in [6.45, 7) is 9.34. The van der Waals surface area contributed by atoms with Gasteiger partial charge >= 0.3 is 0 Å². The number of aliphatic hydroxyl groups excluding tert-OH is 1. The molecule has 0 aromatic rings. The van der Waals surface area contributed by atoms with Crippen LogP contribution in [-0.2, 0) is 4.79 Å². The summed E-state index contributed by atoms with van der Waals surface area (Å²) in [7, 11) is 1.83. The van der Waals surface area contributed by atoms with Crippen molar-refractivity contribution in [1.82, 2.24) is 9.80 Å². The van der Waals surface area contributed by atoms with Crippen LogP contribution in [0.1, 0.15) is 40.5 Å². The van der Waals surface area contributed by atoms with E-state index in [4.69, 9.17) is 5.11 Å². The number of rotatable bonds is 8. The van der Waals surface area contributed by atoms with Crippen LogP contribution in [-0.4, -0.2) is 59.6 Å². The lowest BCUT2D eigenvalue weighted by molar-refractivity contribution is -0.133. The second kappa shape index (κ2) is 8.48. The van der Waals surface area contributed by atoms with Gasteiger partial charge in [-0.2, -0.15) is 0 Å². The summed E-state index contributed by atoms with van der Waals surface area (Å²) in [6.07, 6.45) is 2.02. The van der Waals surface area contributed by atoms with E-state index in [0.717, 1.165) is 12.8 Å². The Morgan fingerprint density at radius 3 is 2.12 bits per heavy atom. The fourth-order valence-electron chi connectivity index (χ4n) is 1.90. The van der Waals surface area contributed by atoms with E-state index in [1.807, 2.05) is 20.9 Å². The van der Waals surface area contributed by atoms with Crippen molar-refractivity contribution < 1.29 is 9.90 Å². The van der Waals surface area contributed by atoms with Crippen LogP contribution in [0.4, 0.5) is 0 Å². The van der Waals surface area contributed by atoms with Crippen LogP contribution in [0.2, 0.25) is 0 Å². The molecule has 0 saturated heterocycles. The molecule has 17 heavy (non-hydrogen) atoms. The minimum absolute atomic E-state index is 0.106. The maximum atomic E-state index is 12.0. The minimum Gasteiger partial charge on any atom is -0.395 e. The van der Waals surface area contributed by atoms with Gasteiger partial charge in [0.05, 0.1) is 13.2 Å². The van der Waals surface area contributed by atoms with Crippen LogP contribution in [0, 0.1) is 0 Å². The predicted octanol–water partition coefficient (Wildman–Crippen LogP) is 1.34. The summed E-state index contributed by atoms with van der Waals surface area (Å²) < 4.78 is 0. The fraction of sp³-hybridized carbons (Fsp3) is 0.923. The summed E-state index contributed by atoms with van der Waals surface area (Å²) in [6, 6.07) is 0.604. The van der Waals surface area contributed by atoms with Gasteiger partial charge in [-0.3, -0.25) is 9.69 Å². The van der Waals surface area contributed by atoms with Crippen molar-refractivity contribution in [3.8, 4) is 0 Å². The number of carbonyl (C=O) groups excluding carboxylic acids is 1. The third-order valence-electron chi connectivity index (χ3n) is 3.35. The molecule has 0 aromatic carbocycles. The molecular formula is C13H28N2O2. The first kappa shape index (κ1) is 16.4. The summed E-state index contributed by atoms with van der Waals surface area (Å²) in [5.41, 5.74) is 0. The summed E-state index contributed by atoms with van der Waals surface area (Å²) >= 11 is 0. The van der Waals surface area contributed by atoms with Crippen molar-refractivity contribution in [2.24, 2.45) is 0 Å². The molecule has 0 rings (SSSR count). The van der Waals surface area contributed by atoms with E-state index in [-0.39, 0.29) is 18.6 Å². The Labute approximate surface area is 106 Å². The molecule has 1 N–H and O–H groups in total. The van der Waals surface area contributed by atoms with Crippen LogP contribution < -0.4 is 0 Å². The molecule has 0 aliphatic heterocycles. The monoisotopic (exact) mass is 244 g/mol. The Morgan fingerprint density at radius 1 is 1.24 bits per heavy atom. The van der Waals surface area contributed by atoms with Gasteiger partial charge in [0.1, 0.15) is 0 Å². The van der Waals surface area contributed by atoms with Crippen molar-refractivity contribution in [2.45, 2.75) is 52.6 Å². The Balaban J connectivity index is 4.47. The first-order chi connectivity index (χ1) is 7.97. The lowest BCUT2D eigenvalue weighted by Gasteiger charge is -2.31. The smallest absolute Gasteiger partial charge is 0.236 e. The molecule has 0 aliphatic rings. The van der Waals surface area contributed by atoms with Crippen LogP contribution in [0.5, 0.6) is 0 Å². The molecule has 0 aromatic heterocycles. The lowest BCUT2D eigenvalue weighted by atomic mass is 10.1. The van der Waals surface area contributed by atoms with E-state index in [2.05, 4.69) is 18.7 Å². The lowest BCUT2D eigenvalue weighted by Crippen LogP contribution is -2.46. The molecular weight excluding hydrogens is 216 g/mol. The Hall–Kier alpha value is -0.610. The quantitative estimate of drug-likeness (QED) is 0.700. The van der Waals surface area contributed by atoms with Crippen molar-refractivity contribution >= 4 is 5.91 Å². The number of carbonyl (C=O) groups is 1. The number of nitrogens with zero attached hydrogens (tertiary/aromatic N) is 2. The molecule has 1 amide bonds. The Kier molecular flexibility index (Phi) is 8.17. The van der Waals surface area contributed by atoms with E-state index in [0.29, 0.717) is 19.1 Å². The van der Waals surface area contributed by atoms with Gasteiger partial charge in [-0.25, -0.2) is 0 Å². The largest absolute Gasteiger partial charge is 0.395 e. The van der Waals surface area contributed by atoms with Crippen LogP contribution in [0.15, 0.2) is 0 Å². The molecule has 0 radical (unpaired) electrons. The van der Waals surface area contributed by atoms with E-state index in [1.54, 1.807) is 4.90 Å². The van der Waals surface area contributed by atoms with E-state index in [9.17, 15) is 4.79 Å². The maximum Gasteiger partial charge on any atom is 0.236 e. The third-order valence-corrected chi connectivity index (χ3v) is 3.35. The van der Waals surface area contributed by atoms with Gasteiger partial charge in [0.2, 0.25) is 5.91 Å². The van der Waals surface area contributed by atoms with Gasteiger partial charge in [-0.1, -0.05) is 13.8 Å². The number of hydrogen-bond donors (Lipinski definition) is 1. The summed E-state index contributed by atoms with van der Waals surface area (Å²) in [5, 5.41) is 9.07. The SMILES string of the molecule is CCC(CC)N(CCO)CC(=O)N(C)C(C)C. The van der Waals surface area contributed by atoms with Crippen LogP contribution in [0.3, 0.4) is 0 Å². The maximum absolute atomic E-state index is 12.0. The van der Waals surface area contributed by atoms with Gasteiger partial charge in [-0.15, -0.1) is 0 Å². The van der Waals surface area contributed by atoms with Gasteiger partial charge in [-0.05, 0) is 26.7 Å². The highest BCUT2D eigenvalue weighted by atomic mass is 16.3. The van der Waals surface area contributed by atoms with Gasteiger partial charge in [0.25, 0.3) is 0 Å². The summed E-state index contributed by atoms with van der Waals surface area (Å²) in [5.74, 6) is 0.125. The first-order valence-corrected chi connectivity index (χ1v) is 6.58. The molecule has 0 heterocycles. The highest BCUT2D eigenvalue weighted by molar-refractivity contribution is 5.78. The fourth-order valence-corrected chi connectivity index (χ4v) is 1.90. The highest BCUT2D eigenvalue weighted by Gasteiger charge is 2.20. The number of aliphatic hydroxyl groups is 1. The van der Waals surface area contributed by atoms with E-state index >= 15 is 0 Å². The standard InChI is InChI=1S/C13H28N2O2/c1-6-12(7-2)15(8-9-16)10-13(17)14(5)11(3)4/h11-12,16H,6-10H2,1-5H3. The Bertz CT molecular complexity index is 215. The molecule has 0 unspecified atom stereocenters. The molecule has 4 heteroatoms. The zero-order valence-electron chi connectivity index (χ0n) is 11.9. The van der Waals surface area contributed by atoms with Gasteiger partial charge in [0, 0.05) is 25.7 Å². The Morgan fingerprint density at radius 2 is 1.76 bits per heavy atom. The second-order valence-corrected chi connectivity index (χ2v) is 4.76. The van der Waals surface area contributed by atoms with Crippen molar-refractivity contribution in [1.29, 1.82) is 0 Å². The molecule has 4 nitrogen and oxygen atoms in total. The number of hydrogen-bond acceptors (Lipinski definition) is 3. The second-order valence-electron chi connectivity index (χ2n) is 4.76. The molecule has 0 fully saturated rings. The average molecular weight is 244 g/mol. The molecule has 102 valence electrons. The van der Waals surface area contributed by atoms with E-state index in [1.165, 1.54) is 0 Å². The van der Waals surface area contributed by atoms with Gasteiger partial charge < -0.3 is 10.0 Å². The summed E-state index contributed by atoms with van der Waals surface area (Å²) in [4.78, 5) is 15.8.